The molecule has 0 unspecified atom stereocenters. The lowest BCUT2D eigenvalue weighted by atomic mass is 10.2. The van der Waals surface area contributed by atoms with E-state index < -0.39 is 15.8 Å². The topological polar surface area (TPSA) is 55.8 Å². The quantitative estimate of drug-likeness (QED) is 0.850. The molecule has 0 saturated heterocycles. The summed E-state index contributed by atoms with van der Waals surface area (Å²) in [4.78, 5) is -0.0642. The molecule has 2 aromatic rings. The van der Waals surface area contributed by atoms with Crippen molar-refractivity contribution in [3.05, 3.63) is 53.3 Å². The van der Waals surface area contributed by atoms with Crippen molar-refractivity contribution in [1.82, 2.24) is 4.31 Å². The van der Waals surface area contributed by atoms with E-state index in [4.69, 9.17) is 9.47 Å². The van der Waals surface area contributed by atoms with Crippen LogP contribution in [-0.2, 0) is 16.6 Å². The molecule has 24 heavy (non-hydrogen) atoms. The molecule has 0 spiro atoms. The Hall–Kier alpha value is -2.12. The largest absolute Gasteiger partial charge is 0.486 e. The molecule has 0 N–H and O–H groups in total. The van der Waals surface area contributed by atoms with E-state index in [0.717, 1.165) is 11.6 Å². The van der Waals surface area contributed by atoms with Crippen molar-refractivity contribution in [1.29, 1.82) is 0 Å². The van der Waals surface area contributed by atoms with Gasteiger partial charge in [-0.3, -0.25) is 0 Å². The summed E-state index contributed by atoms with van der Waals surface area (Å²) >= 11 is 0. The number of hydrogen-bond acceptors (Lipinski definition) is 4. The Balaban J connectivity index is 1.83. The molecule has 1 heterocycles. The van der Waals surface area contributed by atoms with Gasteiger partial charge in [0.1, 0.15) is 19.0 Å². The average molecular weight is 351 g/mol. The van der Waals surface area contributed by atoms with Crippen LogP contribution < -0.4 is 9.47 Å². The molecule has 0 atom stereocenters. The van der Waals surface area contributed by atoms with Crippen LogP contribution in [0.5, 0.6) is 11.5 Å². The molecule has 3 rings (SSSR count). The van der Waals surface area contributed by atoms with E-state index in [-0.39, 0.29) is 11.4 Å². The van der Waals surface area contributed by atoms with E-state index in [2.05, 4.69) is 0 Å². The number of nitrogens with zero attached hydrogens (tertiary/aromatic N) is 1. The molecule has 5 nitrogen and oxygen atoms in total. The summed E-state index contributed by atoms with van der Waals surface area (Å²) in [6.45, 7) is 2.70. The molecule has 0 bridgehead atoms. The molecule has 0 amide bonds. The zero-order valence-corrected chi connectivity index (χ0v) is 14.3. The van der Waals surface area contributed by atoms with E-state index in [1.165, 1.54) is 23.5 Å². The Bertz CT molecular complexity index is 867. The highest BCUT2D eigenvalue weighted by Crippen LogP contribution is 2.31. The van der Waals surface area contributed by atoms with Crippen LogP contribution in [0.2, 0.25) is 0 Å². The number of aryl methyl sites for hydroxylation is 1. The third kappa shape index (κ3) is 3.22. The Morgan fingerprint density at radius 1 is 1.08 bits per heavy atom. The van der Waals surface area contributed by atoms with Crippen molar-refractivity contribution in [2.45, 2.75) is 18.4 Å². The summed E-state index contributed by atoms with van der Waals surface area (Å²) in [6, 6.07) is 9.22. The Kier molecular flexibility index (Phi) is 4.47. The minimum Gasteiger partial charge on any atom is -0.486 e. The SMILES string of the molecule is Cc1ccc(S(=O)(=O)N(C)Cc2ccc3c(c2)OCCO3)cc1F. The van der Waals surface area contributed by atoms with Crippen LogP contribution in [0.15, 0.2) is 41.3 Å². The number of sulfonamides is 1. The van der Waals surface area contributed by atoms with Crippen molar-refractivity contribution in [2.75, 3.05) is 20.3 Å². The summed E-state index contributed by atoms with van der Waals surface area (Å²) in [5, 5.41) is 0. The van der Waals surface area contributed by atoms with Crippen LogP contribution in [0.1, 0.15) is 11.1 Å². The molecule has 0 radical (unpaired) electrons. The van der Waals surface area contributed by atoms with Crippen LogP contribution in [0.4, 0.5) is 4.39 Å². The number of halogens is 1. The fourth-order valence-electron chi connectivity index (χ4n) is 2.44. The Labute approximate surface area is 140 Å². The fourth-order valence-corrected chi connectivity index (χ4v) is 3.61. The maximum absolute atomic E-state index is 13.7. The first-order chi connectivity index (χ1) is 11.4. The van der Waals surface area contributed by atoms with Crippen LogP contribution in [0.25, 0.3) is 0 Å². The van der Waals surface area contributed by atoms with Gasteiger partial charge in [0.25, 0.3) is 0 Å². The molecule has 0 aliphatic carbocycles. The predicted octanol–water partition coefficient (Wildman–Crippen LogP) is 2.73. The first kappa shape index (κ1) is 16.7. The van der Waals surface area contributed by atoms with E-state index in [9.17, 15) is 12.8 Å². The van der Waals surface area contributed by atoms with Crippen LogP contribution in [0.3, 0.4) is 0 Å². The normalized spacial score (nSPS) is 14.0. The maximum atomic E-state index is 13.7. The van der Waals surface area contributed by atoms with Crippen LogP contribution in [0, 0.1) is 12.7 Å². The summed E-state index contributed by atoms with van der Waals surface area (Å²) in [7, 11) is -2.31. The highest BCUT2D eigenvalue weighted by molar-refractivity contribution is 7.89. The van der Waals surface area contributed by atoms with Gasteiger partial charge in [0.05, 0.1) is 4.90 Å². The monoisotopic (exact) mass is 351 g/mol. The van der Waals surface area contributed by atoms with Crippen molar-refractivity contribution >= 4 is 10.0 Å². The molecule has 128 valence electrons. The first-order valence-electron chi connectivity index (χ1n) is 7.49. The third-order valence-electron chi connectivity index (χ3n) is 3.86. The van der Waals surface area contributed by atoms with Gasteiger partial charge < -0.3 is 9.47 Å². The van der Waals surface area contributed by atoms with Crippen LogP contribution >= 0.6 is 0 Å². The Morgan fingerprint density at radius 2 is 1.79 bits per heavy atom. The van der Waals surface area contributed by atoms with Gasteiger partial charge in [-0.05, 0) is 42.3 Å². The lowest BCUT2D eigenvalue weighted by molar-refractivity contribution is 0.171. The molecule has 0 aromatic heterocycles. The van der Waals surface area contributed by atoms with Crippen molar-refractivity contribution in [2.24, 2.45) is 0 Å². The minimum absolute atomic E-state index is 0.0642. The molecule has 2 aromatic carbocycles. The molecule has 1 aliphatic heterocycles. The van der Waals surface area contributed by atoms with Gasteiger partial charge in [-0.2, -0.15) is 4.31 Å². The van der Waals surface area contributed by atoms with E-state index in [1.54, 1.807) is 25.1 Å². The van der Waals surface area contributed by atoms with Gasteiger partial charge in [0.2, 0.25) is 10.0 Å². The third-order valence-corrected chi connectivity index (χ3v) is 5.66. The molecule has 1 aliphatic rings. The van der Waals surface area contributed by atoms with Crippen molar-refractivity contribution in [3.8, 4) is 11.5 Å². The standard InChI is InChI=1S/C17H18FNO4S/c1-12-3-5-14(10-15(12)18)24(20,21)19(2)11-13-4-6-16-17(9-13)23-8-7-22-16/h3-6,9-10H,7-8,11H2,1-2H3. The number of rotatable bonds is 4. The van der Waals surface area contributed by atoms with Gasteiger partial charge in [-0.25, -0.2) is 12.8 Å². The van der Waals surface area contributed by atoms with E-state index in [1.807, 2.05) is 0 Å². The lowest BCUT2D eigenvalue weighted by Gasteiger charge is -2.21. The van der Waals surface area contributed by atoms with Gasteiger partial charge in [0.15, 0.2) is 11.5 Å². The predicted molar refractivity (Wildman–Crippen MR) is 87.2 cm³/mol. The van der Waals surface area contributed by atoms with Gasteiger partial charge in [-0.1, -0.05) is 12.1 Å². The van der Waals surface area contributed by atoms with Crippen molar-refractivity contribution in [3.63, 3.8) is 0 Å². The van der Waals surface area contributed by atoms with E-state index >= 15 is 0 Å². The Morgan fingerprint density at radius 3 is 2.50 bits per heavy atom. The molecule has 7 heteroatoms. The number of hydrogen-bond donors (Lipinski definition) is 0. The van der Waals surface area contributed by atoms with Gasteiger partial charge >= 0.3 is 0 Å². The molecular weight excluding hydrogens is 333 g/mol. The number of fused-ring (bicyclic) bond motifs is 1. The summed E-state index contributed by atoms with van der Waals surface area (Å²) < 4.78 is 51.0. The second-order valence-electron chi connectivity index (χ2n) is 5.65. The summed E-state index contributed by atoms with van der Waals surface area (Å²) in [6.07, 6.45) is 0. The number of benzene rings is 2. The lowest BCUT2D eigenvalue weighted by Crippen LogP contribution is -2.26. The number of ether oxygens (including phenoxy) is 2. The minimum atomic E-state index is -3.78. The average Bonchev–Trinajstić information content (AvgIpc) is 2.57. The smallest absolute Gasteiger partial charge is 0.243 e. The summed E-state index contributed by atoms with van der Waals surface area (Å²) in [5.41, 5.74) is 1.17. The first-order valence-corrected chi connectivity index (χ1v) is 8.93. The van der Waals surface area contributed by atoms with Gasteiger partial charge in [0, 0.05) is 13.6 Å². The fraction of sp³-hybridized carbons (Fsp3) is 0.294. The highest BCUT2D eigenvalue weighted by atomic mass is 32.2. The van der Waals surface area contributed by atoms with Crippen LogP contribution in [-0.4, -0.2) is 33.0 Å². The zero-order chi connectivity index (χ0) is 17.3. The molecular formula is C17H18FNO4S. The second kappa shape index (κ2) is 6.41. The van der Waals surface area contributed by atoms with E-state index in [0.29, 0.717) is 30.3 Å². The zero-order valence-electron chi connectivity index (χ0n) is 13.5. The summed E-state index contributed by atoms with van der Waals surface area (Å²) in [5.74, 6) is 0.714. The highest BCUT2D eigenvalue weighted by Gasteiger charge is 2.22. The second-order valence-corrected chi connectivity index (χ2v) is 7.69. The molecule has 0 saturated carbocycles. The molecule has 0 fully saturated rings. The van der Waals surface area contributed by atoms with Gasteiger partial charge in [-0.15, -0.1) is 0 Å². The maximum Gasteiger partial charge on any atom is 0.243 e. The van der Waals surface area contributed by atoms with Crippen molar-refractivity contribution < 1.29 is 22.3 Å².